The molecule has 1 amide bonds. The van der Waals surface area contributed by atoms with Crippen molar-refractivity contribution < 1.29 is 13.9 Å². The molecular formula is C19H15FN2O2. The van der Waals surface area contributed by atoms with E-state index in [2.05, 4.69) is 22.1 Å². The Morgan fingerprint density at radius 2 is 2.04 bits per heavy atom. The molecule has 0 aliphatic rings. The lowest BCUT2D eigenvalue weighted by molar-refractivity contribution is 0.0959. The molecule has 24 heavy (non-hydrogen) atoms. The second kappa shape index (κ2) is 7.34. The zero-order valence-corrected chi connectivity index (χ0v) is 12.8. The Bertz CT molecular complexity index is 922. The summed E-state index contributed by atoms with van der Waals surface area (Å²) in [7, 11) is 0. The fourth-order valence-corrected chi connectivity index (χ4v) is 2.20. The van der Waals surface area contributed by atoms with Crippen molar-refractivity contribution in [2.24, 2.45) is 0 Å². The molecule has 120 valence electrons. The number of aromatic amines is 1. The summed E-state index contributed by atoms with van der Waals surface area (Å²) < 4.78 is 18.5. The number of carbonyl (C=O) groups is 1. The van der Waals surface area contributed by atoms with Crippen LogP contribution in [0.3, 0.4) is 0 Å². The van der Waals surface area contributed by atoms with E-state index >= 15 is 0 Å². The predicted molar refractivity (Wildman–Crippen MR) is 90.3 cm³/mol. The lowest BCUT2D eigenvalue weighted by Crippen LogP contribution is -2.23. The lowest BCUT2D eigenvalue weighted by atomic mass is 10.1. The quantitative estimate of drug-likeness (QED) is 0.725. The standard InChI is InChI=1S/C19H15FN2O2/c20-16-5-1-2-6-18(16)24-12-4-3-10-22-19(23)15-8-7-14-9-11-21-17(14)13-15/h1-2,5-9,11,13,21H,10,12H2,(H,22,23). The van der Waals surface area contributed by atoms with E-state index in [0.717, 1.165) is 10.9 Å². The number of halogens is 1. The summed E-state index contributed by atoms with van der Waals surface area (Å²) in [6.07, 6.45) is 1.83. The monoisotopic (exact) mass is 322 g/mol. The SMILES string of the molecule is O=C(NCC#CCOc1ccccc1F)c1ccc2cc[nH]c2c1. The highest BCUT2D eigenvalue weighted by molar-refractivity contribution is 5.97. The van der Waals surface area contributed by atoms with Crippen molar-refractivity contribution in [3.05, 3.63) is 66.1 Å². The predicted octanol–water partition coefficient (Wildman–Crippen LogP) is 3.12. The van der Waals surface area contributed by atoms with E-state index in [9.17, 15) is 9.18 Å². The molecule has 3 aromatic rings. The number of nitrogens with one attached hydrogen (secondary N) is 2. The first kappa shape index (κ1) is 15.6. The van der Waals surface area contributed by atoms with Gasteiger partial charge in [-0.2, -0.15) is 0 Å². The van der Waals surface area contributed by atoms with Crippen molar-refractivity contribution in [1.82, 2.24) is 10.3 Å². The van der Waals surface area contributed by atoms with Gasteiger partial charge in [0.15, 0.2) is 11.6 Å². The summed E-state index contributed by atoms with van der Waals surface area (Å²) in [5, 5.41) is 3.76. The van der Waals surface area contributed by atoms with Crippen molar-refractivity contribution in [3.8, 4) is 17.6 Å². The minimum absolute atomic E-state index is 0.0608. The van der Waals surface area contributed by atoms with E-state index in [1.54, 1.807) is 24.3 Å². The van der Waals surface area contributed by atoms with Crippen LogP contribution >= 0.6 is 0 Å². The van der Waals surface area contributed by atoms with Crippen molar-refractivity contribution in [2.75, 3.05) is 13.2 Å². The summed E-state index contributed by atoms with van der Waals surface area (Å²) in [4.78, 5) is 15.1. The fraction of sp³-hybridized carbons (Fsp3) is 0.105. The zero-order valence-electron chi connectivity index (χ0n) is 12.8. The molecule has 0 bridgehead atoms. The highest BCUT2D eigenvalue weighted by atomic mass is 19.1. The first-order valence-electron chi connectivity index (χ1n) is 7.42. The Labute approximate surface area is 138 Å². The second-order valence-electron chi connectivity index (χ2n) is 5.04. The third kappa shape index (κ3) is 3.73. The van der Waals surface area contributed by atoms with Crippen LogP contribution in [0.1, 0.15) is 10.4 Å². The fourth-order valence-electron chi connectivity index (χ4n) is 2.20. The van der Waals surface area contributed by atoms with Gasteiger partial charge in [-0.25, -0.2) is 4.39 Å². The number of benzene rings is 2. The van der Waals surface area contributed by atoms with E-state index in [0.29, 0.717) is 5.56 Å². The van der Waals surface area contributed by atoms with Gasteiger partial charge < -0.3 is 15.0 Å². The third-order valence-corrected chi connectivity index (χ3v) is 3.42. The highest BCUT2D eigenvalue weighted by Gasteiger charge is 2.05. The topological polar surface area (TPSA) is 54.1 Å². The van der Waals surface area contributed by atoms with E-state index in [1.807, 2.05) is 18.3 Å². The average molecular weight is 322 g/mol. The van der Waals surface area contributed by atoms with Gasteiger partial charge in [0.05, 0.1) is 6.54 Å². The van der Waals surface area contributed by atoms with Crippen molar-refractivity contribution >= 4 is 16.8 Å². The van der Waals surface area contributed by atoms with Gasteiger partial charge in [-0.1, -0.05) is 30.0 Å². The molecule has 2 aromatic carbocycles. The molecule has 0 aliphatic heterocycles. The number of rotatable bonds is 4. The number of hydrogen-bond donors (Lipinski definition) is 2. The Balaban J connectivity index is 1.48. The minimum atomic E-state index is -0.424. The normalized spacial score (nSPS) is 10.0. The van der Waals surface area contributed by atoms with Crippen LogP contribution in [0.25, 0.3) is 10.9 Å². The number of para-hydroxylation sites is 1. The minimum Gasteiger partial charge on any atom is -0.478 e. The van der Waals surface area contributed by atoms with Crippen LogP contribution in [0.2, 0.25) is 0 Å². The summed E-state index contributed by atoms with van der Waals surface area (Å²) in [6, 6.07) is 13.5. The smallest absolute Gasteiger partial charge is 0.252 e. The van der Waals surface area contributed by atoms with Crippen LogP contribution < -0.4 is 10.1 Å². The number of amides is 1. The molecule has 1 heterocycles. The molecule has 0 radical (unpaired) electrons. The Morgan fingerprint density at radius 1 is 1.17 bits per heavy atom. The highest BCUT2D eigenvalue weighted by Crippen LogP contribution is 2.15. The first-order valence-corrected chi connectivity index (χ1v) is 7.42. The number of fused-ring (bicyclic) bond motifs is 1. The van der Waals surface area contributed by atoms with Crippen LogP contribution in [0.15, 0.2) is 54.7 Å². The number of carbonyl (C=O) groups excluding carboxylic acids is 1. The van der Waals surface area contributed by atoms with Crippen LogP contribution in [0, 0.1) is 17.7 Å². The number of hydrogen-bond acceptors (Lipinski definition) is 2. The molecule has 0 unspecified atom stereocenters. The van der Waals surface area contributed by atoms with Crippen molar-refractivity contribution in [1.29, 1.82) is 0 Å². The number of aromatic nitrogens is 1. The molecule has 2 N–H and O–H groups in total. The van der Waals surface area contributed by atoms with Gasteiger partial charge in [-0.3, -0.25) is 4.79 Å². The van der Waals surface area contributed by atoms with Gasteiger partial charge in [-0.05, 0) is 35.7 Å². The largest absolute Gasteiger partial charge is 0.478 e. The molecule has 0 aliphatic carbocycles. The molecule has 0 atom stereocenters. The molecule has 5 heteroatoms. The summed E-state index contributed by atoms with van der Waals surface area (Å²) >= 11 is 0. The maximum atomic E-state index is 13.3. The Kier molecular flexibility index (Phi) is 4.78. The van der Waals surface area contributed by atoms with Gasteiger partial charge in [0.25, 0.3) is 5.91 Å². The van der Waals surface area contributed by atoms with Gasteiger partial charge in [0.2, 0.25) is 0 Å². The van der Waals surface area contributed by atoms with Gasteiger partial charge in [-0.15, -0.1) is 0 Å². The summed E-state index contributed by atoms with van der Waals surface area (Å²) in [5.74, 6) is 5.04. The Hall–Kier alpha value is -3.26. The Morgan fingerprint density at radius 3 is 2.92 bits per heavy atom. The average Bonchev–Trinajstić information content (AvgIpc) is 3.07. The van der Waals surface area contributed by atoms with Gasteiger partial charge in [0.1, 0.15) is 6.61 Å². The second-order valence-corrected chi connectivity index (χ2v) is 5.04. The summed E-state index contributed by atoms with van der Waals surface area (Å²) in [5.41, 5.74) is 1.47. The van der Waals surface area contributed by atoms with Crippen molar-refractivity contribution in [3.63, 3.8) is 0 Å². The van der Waals surface area contributed by atoms with Crippen LogP contribution in [-0.4, -0.2) is 24.0 Å². The van der Waals surface area contributed by atoms with E-state index in [4.69, 9.17) is 4.74 Å². The molecule has 1 aromatic heterocycles. The number of H-pyrrole nitrogens is 1. The van der Waals surface area contributed by atoms with Crippen LogP contribution in [0.5, 0.6) is 5.75 Å². The maximum Gasteiger partial charge on any atom is 0.252 e. The molecule has 0 fully saturated rings. The zero-order chi connectivity index (χ0) is 16.8. The first-order chi connectivity index (χ1) is 11.7. The van der Waals surface area contributed by atoms with Crippen LogP contribution in [0.4, 0.5) is 4.39 Å². The van der Waals surface area contributed by atoms with E-state index < -0.39 is 5.82 Å². The third-order valence-electron chi connectivity index (χ3n) is 3.42. The van der Waals surface area contributed by atoms with E-state index in [1.165, 1.54) is 12.1 Å². The summed E-state index contributed by atoms with van der Waals surface area (Å²) in [6.45, 7) is 0.257. The molecule has 4 nitrogen and oxygen atoms in total. The van der Waals surface area contributed by atoms with Crippen LogP contribution in [-0.2, 0) is 0 Å². The molecule has 0 saturated heterocycles. The molecule has 0 saturated carbocycles. The lowest BCUT2D eigenvalue weighted by Gasteiger charge is -2.02. The van der Waals surface area contributed by atoms with Crippen molar-refractivity contribution in [2.45, 2.75) is 0 Å². The molecule has 3 rings (SSSR count). The van der Waals surface area contributed by atoms with Gasteiger partial charge >= 0.3 is 0 Å². The van der Waals surface area contributed by atoms with E-state index in [-0.39, 0.29) is 24.8 Å². The maximum absolute atomic E-state index is 13.3. The molecular weight excluding hydrogens is 307 g/mol. The van der Waals surface area contributed by atoms with Gasteiger partial charge in [0, 0.05) is 17.3 Å². The molecule has 0 spiro atoms. The number of ether oxygens (including phenoxy) is 1.